The van der Waals surface area contributed by atoms with Crippen LogP contribution in [0.2, 0.25) is 10.0 Å². The van der Waals surface area contributed by atoms with E-state index in [4.69, 9.17) is 23.2 Å². The average molecular weight is 453 g/mol. The van der Waals surface area contributed by atoms with Gasteiger partial charge in [0.2, 0.25) is 5.69 Å². The number of halogens is 5. The molecule has 0 aliphatic carbocycles. The van der Waals surface area contributed by atoms with E-state index in [9.17, 15) is 38.5 Å². The van der Waals surface area contributed by atoms with Crippen LogP contribution in [0.4, 0.5) is 30.2 Å². The number of anilines is 1. The van der Waals surface area contributed by atoms with Gasteiger partial charge >= 0.3 is 17.6 Å². The third-order valence-corrected chi connectivity index (χ3v) is 4.08. The average Bonchev–Trinajstić information content (AvgIpc) is 2.60. The van der Waals surface area contributed by atoms with E-state index in [1.807, 2.05) is 5.43 Å². The van der Waals surface area contributed by atoms with Crippen molar-refractivity contribution in [2.24, 2.45) is 5.10 Å². The van der Waals surface area contributed by atoms with E-state index >= 15 is 0 Å². The molecule has 2 aromatic rings. The van der Waals surface area contributed by atoms with Crippen molar-refractivity contribution in [1.82, 2.24) is 0 Å². The fourth-order valence-electron chi connectivity index (χ4n) is 2.22. The Bertz CT molecular complexity index is 1010. The third kappa shape index (κ3) is 4.84. The van der Waals surface area contributed by atoms with Gasteiger partial charge < -0.3 is 5.11 Å². The molecule has 0 saturated carbocycles. The van der Waals surface area contributed by atoms with Crippen LogP contribution >= 0.6 is 23.2 Å². The summed E-state index contributed by atoms with van der Waals surface area (Å²) in [5.41, 5.74) is -2.91. The molecule has 14 heteroatoms. The lowest BCUT2D eigenvalue weighted by Crippen LogP contribution is -2.10. The van der Waals surface area contributed by atoms with Gasteiger partial charge in [-0.25, -0.2) is 0 Å². The van der Waals surface area contributed by atoms with Gasteiger partial charge in [0.25, 0.3) is 0 Å². The van der Waals surface area contributed by atoms with Crippen LogP contribution in [0.25, 0.3) is 0 Å². The minimum atomic E-state index is -5.05. The summed E-state index contributed by atoms with van der Waals surface area (Å²) < 4.78 is 38.7. The third-order valence-electron chi connectivity index (χ3n) is 3.57. The molecule has 2 N–H and O–H groups in total. The zero-order chi connectivity index (χ0) is 22.1. The molecule has 154 valence electrons. The van der Waals surface area contributed by atoms with E-state index in [0.717, 1.165) is 0 Å². The van der Waals surface area contributed by atoms with Gasteiger partial charge in [0.1, 0.15) is 5.75 Å². The standard InChI is InChI=1S/C15H9Cl2F3N4O5/c1-6(9-4-8(16)5-10(17)14(9)25)21-22-13-11(23(26)27)2-7(15(18,19)20)3-12(13)24(28)29/h2-5,22,25H,1H3/b21-6+. The van der Waals surface area contributed by atoms with Crippen LogP contribution in [0.3, 0.4) is 0 Å². The van der Waals surface area contributed by atoms with Crippen molar-refractivity contribution in [3.05, 3.63) is 65.7 Å². The Balaban J connectivity index is 2.61. The molecule has 0 aromatic heterocycles. The number of alkyl halides is 3. The Morgan fingerprint density at radius 2 is 1.62 bits per heavy atom. The molecule has 0 unspecified atom stereocenters. The molecule has 9 nitrogen and oxygen atoms in total. The normalized spacial score (nSPS) is 12.0. The fraction of sp³-hybridized carbons (Fsp3) is 0.133. The van der Waals surface area contributed by atoms with Crippen molar-refractivity contribution in [3.8, 4) is 5.75 Å². The molecule has 0 aliphatic rings. The van der Waals surface area contributed by atoms with Crippen LogP contribution in [0.1, 0.15) is 18.1 Å². The molecule has 2 rings (SSSR count). The monoisotopic (exact) mass is 452 g/mol. The second-order valence-electron chi connectivity index (χ2n) is 5.49. The molecule has 0 aliphatic heterocycles. The molecule has 2 aromatic carbocycles. The fourth-order valence-corrected chi connectivity index (χ4v) is 2.71. The van der Waals surface area contributed by atoms with E-state index in [2.05, 4.69) is 5.10 Å². The largest absolute Gasteiger partial charge is 0.506 e. The van der Waals surface area contributed by atoms with E-state index in [0.29, 0.717) is 0 Å². The first-order valence-corrected chi connectivity index (χ1v) is 8.11. The Hall–Kier alpha value is -3.12. The lowest BCUT2D eigenvalue weighted by Gasteiger charge is -2.11. The number of phenolic OH excluding ortho intramolecular Hbond substituents is 1. The van der Waals surface area contributed by atoms with Crippen LogP contribution in [0, 0.1) is 20.2 Å². The number of nitro benzene ring substituents is 2. The molecule has 0 fully saturated rings. The number of benzene rings is 2. The van der Waals surface area contributed by atoms with E-state index in [1.54, 1.807) is 0 Å². The number of hydrogen-bond donors (Lipinski definition) is 2. The molecule has 0 saturated heterocycles. The Labute approximate surface area is 169 Å². The Morgan fingerprint density at radius 3 is 2.07 bits per heavy atom. The first-order valence-electron chi connectivity index (χ1n) is 7.35. The van der Waals surface area contributed by atoms with Crippen LogP contribution in [-0.4, -0.2) is 20.7 Å². The van der Waals surface area contributed by atoms with Crippen molar-refractivity contribution < 1.29 is 28.1 Å². The van der Waals surface area contributed by atoms with Crippen LogP contribution in [0.5, 0.6) is 5.75 Å². The van der Waals surface area contributed by atoms with Gasteiger partial charge in [-0.15, -0.1) is 0 Å². The quantitative estimate of drug-likeness (QED) is 0.356. The van der Waals surface area contributed by atoms with Gasteiger partial charge in [0.05, 0.1) is 26.1 Å². The van der Waals surface area contributed by atoms with Crippen LogP contribution in [-0.2, 0) is 6.18 Å². The highest BCUT2D eigenvalue weighted by Gasteiger charge is 2.37. The highest BCUT2D eigenvalue weighted by atomic mass is 35.5. The molecule has 0 radical (unpaired) electrons. The molecular formula is C15H9Cl2F3N4O5. The minimum Gasteiger partial charge on any atom is -0.506 e. The zero-order valence-corrected chi connectivity index (χ0v) is 15.6. The van der Waals surface area contributed by atoms with Gasteiger partial charge in [-0.2, -0.15) is 18.3 Å². The van der Waals surface area contributed by atoms with Crippen LogP contribution in [0.15, 0.2) is 29.4 Å². The lowest BCUT2D eigenvalue weighted by atomic mass is 10.1. The van der Waals surface area contributed by atoms with Crippen molar-refractivity contribution >= 4 is 46.0 Å². The minimum absolute atomic E-state index is 0.00721. The number of nitrogens with one attached hydrogen (secondary N) is 1. The summed E-state index contributed by atoms with van der Waals surface area (Å²) in [6.07, 6.45) is -5.05. The number of hydrazone groups is 1. The summed E-state index contributed by atoms with van der Waals surface area (Å²) in [5, 5.41) is 36.0. The van der Waals surface area contributed by atoms with Crippen molar-refractivity contribution in [3.63, 3.8) is 0 Å². The second kappa shape index (κ2) is 8.09. The predicted octanol–water partition coefficient (Wildman–Crippen LogP) is 5.37. The summed E-state index contributed by atoms with van der Waals surface area (Å²) in [6.45, 7) is 1.30. The predicted molar refractivity (Wildman–Crippen MR) is 98.7 cm³/mol. The number of rotatable bonds is 5. The number of nitro groups is 2. The number of nitrogens with zero attached hydrogens (tertiary/aromatic N) is 3. The number of hydrogen-bond acceptors (Lipinski definition) is 7. The van der Waals surface area contributed by atoms with Crippen LogP contribution < -0.4 is 5.43 Å². The SMILES string of the molecule is C/C(=N\Nc1c([N+](=O)[O-])cc(C(F)(F)F)cc1[N+](=O)[O-])c1cc(Cl)cc(Cl)c1O. The molecule has 0 spiro atoms. The Morgan fingerprint density at radius 1 is 1.10 bits per heavy atom. The maximum Gasteiger partial charge on any atom is 0.416 e. The maximum atomic E-state index is 12.9. The summed E-state index contributed by atoms with van der Waals surface area (Å²) in [6, 6.07) is 2.77. The zero-order valence-electron chi connectivity index (χ0n) is 14.1. The van der Waals surface area contributed by atoms with Gasteiger partial charge in [0, 0.05) is 22.7 Å². The summed E-state index contributed by atoms with van der Waals surface area (Å²) in [4.78, 5) is 19.9. The van der Waals surface area contributed by atoms with Crippen molar-refractivity contribution in [2.75, 3.05) is 5.43 Å². The Kier molecular flexibility index (Phi) is 6.18. The maximum absolute atomic E-state index is 12.9. The summed E-state index contributed by atoms with van der Waals surface area (Å²) in [7, 11) is 0. The summed E-state index contributed by atoms with van der Waals surface area (Å²) in [5.74, 6) is -0.435. The van der Waals surface area contributed by atoms with Crippen molar-refractivity contribution in [2.45, 2.75) is 13.1 Å². The molecule has 29 heavy (non-hydrogen) atoms. The van der Waals surface area contributed by atoms with Crippen molar-refractivity contribution in [1.29, 1.82) is 0 Å². The van der Waals surface area contributed by atoms with E-state index in [1.165, 1.54) is 19.1 Å². The number of phenols is 1. The highest BCUT2D eigenvalue weighted by Crippen LogP contribution is 2.41. The molecule has 0 amide bonds. The van der Waals surface area contributed by atoms with E-state index in [-0.39, 0.29) is 33.5 Å². The van der Waals surface area contributed by atoms with Gasteiger partial charge in [-0.1, -0.05) is 23.2 Å². The topological polar surface area (TPSA) is 131 Å². The van der Waals surface area contributed by atoms with Gasteiger partial charge in [-0.3, -0.25) is 25.7 Å². The molecule has 0 bridgehead atoms. The first-order chi connectivity index (χ1) is 13.3. The first kappa shape index (κ1) is 22.2. The highest BCUT2D eigenvalue weighted by molar-refractivity contribution is 6.36. The van der Waals surface area contributed by atoms with E-state index < -0.39 is 44.4 Å². The molecule has 0 heterocycles. The summed E-state index contributed by atoms with van der Waals surface area (Å²) >= 11 is 11.6. The molecular weight excluding hydrogens is 444 g/mol. The number of aromatic hydroxyl groups is 1. The van der Waals surface area contributed by atoms with Gasteiger partial charge in [0.15, 0.2) is 0 Å². The second-order valence-corrected chi connectivity index (χ2v) is 6.34. The lowest BCUT2D eigenvalue weighted by molar-refractivity contribution is -0.392. The molecule has 0 atom stereocenters. The van der Waals surface area contributed by atoms with Gasteiger partial charge in [-0.05, 0) is 19.1 Å². The smallest absolute Gasteiger partial charge is 0.416 e.